The molecule has 1 aromatic rings. The highest BCUT2D eigenvalue weighted by Gasteiger charge is 2.26. The molecule has 2 N–H and O–H groups in total. The minimum absolute atomic E-state index is 0. The van der Waals surface area contributed by atoms with Gasteiger partial charge >= 0.3 is 0 Å². The van der Waals surface area contributed by atoms with Crippen LogP contribution in [0.4, 0.5) is 0 Å². The standard InChI is InChI=1S/C16H25N3O4S.ClH/c1-11-10-17-8-7-13(11)18-16(20)12-5-6-14(23-4)15(9-12)24(21,22)19(2)3;/h5-6,9,11,13,17H,7-8,10H2,1-4H3,(H,18,20);1H. The summed E-state index contributed by atoms with van der Waals surface area (Å²) in [5.41, 5.74) is 0.307. The van der Waals surface area contributed by atoms with Gasteiger partial charge in [-0.3, -0.25) is 4.79 Å². The minimum atomic E-state index is -3.70. The quantitative estimate of drug-likeness (QED) is 0.784. The van der Waals surface area contributed by atoms with E-state index in [1.165, 1.54) is 33.3 Å². The normalized spacial score (nSPS) is 20.7. The lowest BCUT2D eigenvalue weighted by Gasteiger charge is -2.30. The average Bonchev–Trinajstić information content (AvgIpc) is 2.56. The molecule has 1 amide bonds. The Morgan fingerprint density at radius 3 is 2.60 bits per heavy atom. The summed E-state index contributed by atoms with van der Waals surface area (Å²) in [5.74, 6) is 0.271. The lowest BCUT2D eigenvalue weighted by Crippen LogP contribution is -2.48. The third kappa shape index (κ3) is 4.84. The number of carbonyl (C=O) groups excluding carboxylic acids is 1. The van der Waals surface area contributed by atoms with Gasteiger partial charge in [-0.25, -0.2) is 12.7 Å². The van der Waals surface area contributed by atoms with E-state index in [-0.39, 0.29) is 35.0 Å². The molecule has 1 aromatic carbocycles. The van der Waals surface area contributed by atoms with Gasteiger partial charge in [0.1, 0.15) is 10.6 Å². The van der Waals surface area contributed by atoms with Gasteiger partial charge in [0.25, 0.3) is 5.91 Å². The molecule has 2 atom stereocenters. The maximum absolute atomic E-state index is 12.5. The monoisotopic (exact) mass is 391 g/mol. The van der Waals surface area contributed by atoms with Crippen LogP contribution in [0.2, 0.25) is 0 Å². The van der Waals surface area contributed by atoms with Gasteiger partial charge in [0, 0.05) is 25.7 Å². The van der Waals surface area contributed by atoms with E-state index in [1.54, 1.807) is 6.07 Å². The first kappa shape index (κ1) is 21.7. The molecule has 1 saturated heterocycles. The molecule has 1 heterocycles. The first-order valence-electron chi connectivity index (χ1n) is 7.89. The second-order valence-corrected chi connectivity index (χ2v) is 8.32. The fourth-order valence-corrected chi connectivity index (χ4v) is 3.77. The van der Waals surface area contributed by atoms with E-state index in [1.807, 2.05) is 0 Å². The summed E-state index contributed by atoms with van der Waals surface area (Å²) >= 11 is 0. The van der Waals surface area contributed by atoms with E-state index in [4.69, 9.17) is 4.74 Å². The third-order valence-corrected chi connectivity index (χ3v) is 6.12. The second-order valence-electron chi connectivity index (χ2n) is 6.20. The third-order valence-electron chi connectivity index (χ3n) is 4.29. The molecule has 0 bridgehead atoms. The number of methoxy groups -OCH3 is 1. The zero-order chi connectivity index (χ0) is 17.9. The fourth-order valence-electron chi connectivity index (χ4n) is 2.70. The number of ether oxygens (including phenoxy) is 1. The van der Waals surface area contributed by atoms with Crippen molar-refractivity contribution in [3.63, 3.8) is 0 Å². The molecule has 2 unspecified atom stereocenters. The Morgan fingerprint density at radius 2 is 2.04 bits per heavy atom. The van der Waals surface area contributed by atoms with Crippen LogP contribution in [-0.4, -0.2) is 59.0 Å². The van der Waals surface area contributed by atoms with Crippen LogP contribution in [0, 0.1) is 5.92 Å². The van der Waals surface area contributed by atoms with E-state index in [9.17, 15) is 13.2 Å². The van der Waals surface area contributed by atoms with Crippen molar-refractivity contribution in [1.29, 1.82) is 0 Å². The van der Waals surface area contributed by atoms with E-state index in [2.05, 4.69) is 17.6 Å². The first-order valence-corrected chi connectivity index (χ1v) is 9.33. The number of rotatable bonds is 5. The van der Waals surface area contributed by atoms with Crippen molar-refractivity contribution in [2.45, 2.75) is 24.3 Å². The lowest BCUT2D eigenvalue weighted by molar-refractivity contribution is 0.0914. The van der Waals surface area contributed by atoms with Crippen molar-refractivity contribution in [2.24, 2.45) is 5.92 Å². The molecule has 2 rings (SSSR count). The van der Waals surface area contributed by atoms with Crippen LogP contribution in [0.25, 0.3) is 0 Å². The van der Waals surface area contributed by atoms with Crippen LogP contribution in [-0.2, 0) is 10.0 Å². The number of nitrogens with one attached hydrogen (secondary N) is 2. The van der Waals surface area contributed by atoms with Crippen molar-refractivity contribution in [3.8, 4) is 5.75 Å². The zero-order valence-electron chi connectivity index (χ0n) is 14.9. The maximum atomic E-state index is 12.5. The molecule has 0 aromatic heterocycles. The molecule has 142 valence electrons. The van der Waals surface area contributed by atoms with Crippen LogP contribution in [0.5, 0.6) is 5.75 Å². The topological polar surface area (TPSA) is 87.7 Å². The largest absolute Gasteiger partial charge is 0.495 e. The average molecular weight is 392 g/mol. The molecule has 0 aliphatic carbocycles. The molecule has 7 nitrogen and oxygen atoms in total. The SMILES string of the molecule is COc1ccc(C(=O)NC2CCNCC2C)cc1S(=O)(=O)N(C)C.Cl. The van der Waals surface area contributed by atoms with Gasteiger partial charge in [0.15, 0.2) is 0 Å². The molecule has 0 radical (unpaired) electrons. The summed E-state index contributed by atoms with van der Waals surface area (Å²) < 4.78 is 31.1. The number of piperidine rings is 1. The van der Waals surface area contributed by atoms with E-state index in [0.29, 0.717) is 11.5 Å². The Kier molecular flexibility index (Phi) is 7.67. The highest BCUT2D eigenvalue weighted by molar-refractivity contribution is 7.89. The van der Waals surface area contributed by atoms with Gasteiger partial charge in [0.05, 0.1) is 7.11 Å². The van der Waals surface area contributed by atoms with Gasteiger partial charge in [-0.05, 0) is 43.6 Å². The molecule has 25 heavy (non-hydrogen) atoms. The first-order chi connectivity index (χ1) is 11.3. The number of hydrogen-bond acceptors (Lipinski definition) is 5. The van der Waals surface area contributed by atoms with E-state index < -0.39 is 10.0 Å². The van der Waals surface area contributed by atoms with Crippen molar-refractivity contribution < 1.29 is 17.9 Å². The van der Waals surface area contributed by atoms with Crippen molar-refractivity contribution in [3.05, 3.63) is 23.8 Å². The fraction of sp³-hybridized carbons (Fsp3) is 0.562. The van der Waals surface area contributed by atoms with E-state index >= 15 is 0 Å². The lowest BCUT2D eigenvalue weighted by atomic mass is 9.95. The van der Waals surface area contributed by atoms with Crippen LogP contribution >= 0.6 is 12.4 Å². The van der Waals surface area contributed by atoms with Gasteiger partial charge < -0.3 is 15.4 Å². The van der Waals surface area contributed by atoms with Gasteiger partial charge in [0.2, 0.25) is 10.0 Å². The number of nitrogens with zero attached hydrogens (tertiary/aromatic N) is 1. The Balaban J connectivity index is 0.00000312. The summed E-state index contributed by atoms with van der Waals surface area (Å²) in [7, 11) is 0.587. The van der Waals surface area contributed by atoms with E-state index in [0.717, 1.165) is 23.8 Å². The molecule has 1 fully saturated rings. The summed E-state index contributed by atoms with van der Waals surface area (Å²) in [5, 5.41) is 6.28. The highest BCUT2D eigenvalue weighted by atomic mass is 35.5. The maximum Gasteiger partial charge on any atom is 0.251 e. The van der Waals surface area contributed by atoms with Crippen LogP contribution in [0.15, 0.2) is 23.1 Å². The Hall–Kier alpha value is -1.35. The Labute approximate surface area is 155 Å². The van der Waals surface area contributed by atoms with Crippen molar-refractivity contribution in [1.82, 2.24) is 14.9 Å². The molecule has 9 heteroatoms. The Morgan fingerprint density at radius 1 is 1.36 bits per heavy atom. The number of halogens is 1. The van der Waals surface area contributed by atoms with Crippen LogP contribution in [0.1, 0.15) is 23.7 Å². The molecule has 0 saturated carbocycles. The molecule has 0 spiro atoms. The van der Waals surface area contributed by atoms with Crippen LogP contribution in [0.3, 0.4) is 0 Å². The number of hydrogen-bond donors (Lipinski definition) is 2. The minimum Gasteiger partial charge on any atom is -0.495 e. The molecule has 1 aliphatic rings. The number of benzene rings is 1. The number of sulfonamides is 1. The summed E-state index contributed by atoms with van der Waals surface area (Å²) in [6, 6.07) is 4.54. The molecule has 1 aliphatic heterocycles. The van der Waals surface area contributed by atoms with Gasteiger partial charge in [-0.1, -0.05) is 6.92 Å². The Bertz CT molecular complexity index is 709. The van der Waals surface area contributed by atoms with Crippen LogP contribution < -0.4 is 15.4 Å². The van der Waals surface area contributed by atoms with Gasteiger partial charge in [-0.15, -0.1) is 12.4 Å². The van der Waals surface area contributed by atoms with Gasteiger partial charge in [-0.2, -0.15) is 0 Å². The predicted octanol–water partition coefficient (Wildman–Crippen LogP) is 1.10. The summed E-state index contributed by atoms with van der Waals surface area (Å²) in [4.78, 5) is 12.5. The summed E-state index contributed by atoms with van der Waals surface area (Å²) in [6.45, 7) is 3.79. The highest BCUT2D eigenvalue weighted by Crippen LogP contribution is 2.27. The zero-order valence-corrected chi connectivity index (χ0v) is 16.5. The smallest absolute Gasteiger partial charge is 0.251 e. The predicted molar refractivity (Wildman–Crippen MR) is 99.0 cm³/mol. The number of amides is 1. The molecular weight excluding hydrogens is 366 g/mol. The van der Waals surface area contributed by atoms with Crippen molar-refractivity contribution in [2.75, 3.05) is 34.3 Å². The number of carbonyl (C=O) groups is 1. The second kappa shape index (κ2) is 8.84. The van der Waals surface area contributed by atoms with Crippen molar-refractivity contribution >= 4 is 28.3 Å². The molecular formula is C16H26ClN3O4S. The summed E-state index contributed by atoms with van der Waals surface area (Å²) in [6.07, 6.45) is 0.853.